The van der Waals surface area contributed by atoms with Gasteiger partial charge in [0, 0.05) is 5.71 Å². The van der Waals surface area contributed by atoms with Crippen molar-refractivity contribution in [1.29, 1.82) is 0 Å². The molecular weight excluding hydrogens is 356 g/mol. The molecule has 4 nitrogen and oxygen atoms in total. The van der Waals surface area contributed by atoms with Crippen molar-refractivity contribution >= 4 is 15.7 Å². The number of benzene rings is 1. The molecule has 27 heavy (non-hydrogen) atoms. The fourth-order valence-electron chi connectivity index (χ4n) is 2.58. The van der Waals surface area contributed by atoms with Crippen molar-refractivity contribution in [3.05, 3.63) is 59.4 Å². The third kappa shape index (κ3) is 8.42. The van der Waals surface area contributed by atoms with Crippen molar-refractivity contribution in [2.75, 3.05) is 0 Å². The summed E-state index contributed by atoms with van der Waals surface area (Å²) in [6.45, 7) is 13.9. The predicted molar refractivity (Wildman–Crippen MR) is 114 cm³/mol. The number of aryl methyl sites for hydroxylation is 1. The molecule has 0 saturated carbocycles. The van der Waals surface area contributed by atoms with Crippen LogP contribution in [0.15, 0.2) is 63.8 Å². The van der Waals surface area contributed by atoms with Gasteiger partial charge < -0.3 is 0 Å². The number of hydrogen-bond donors (Lipinski definition) is 1. The molecule has 0 fully saturated rings. The van der Waals surface area contributed by atoms with Gasteiger partial charge in [-0.1, -0.05) is 42.8 Å². The number of hydrogen-bond acceptors (Lipinski definition) is 3. The summed E-state index contributed by atoms with van der Waals surface area (Å²) in [5.41, 5.74) is 7.28. The van der Waals surface area contributed by atoms with Crippen LogP contribution >= 0.6 is 0 Å². The molecule has 0 heterocycles. The molecule has 0 radical (unpaired) electrons. The molecule has 0 aromatic heterocycles. The Balaban J connectivity index is 2.61. The molecule has 0 amide bonds. The highest BCUT2D eigenvalue weighted by atomic mass is 32.2. The van der Waals surface area contributed by atoms with E-state index >= 15 is 0 Å². The van der Waals surface area contributed by atoms with Crippen molar-refractivity contribution in [2.45, 2.75) is 65.2 Å². The molecule has 0 bridgehead atoms. The van der Waals surface area contributed by atoms with Crippen LogP contribution in [0.5, 0.6) is 0 Å². The van der Waals surface area contributed by atoms with Crippen LogP contribution in [-0.2, 0) is 10.0 Å². The monoisotopic (exact) mass is 388 g/mol. The number of sulfonamides is 1. The molecular formula is C22H32N2O2S. The van der Waals surface area contributed by atoms with Crippen LogP contribution in [0.25, 0.3) is 0 Å². The zero-order valence-electron chi connectivity index (χ0n) is 17.2. The SMILES string of the molecule is C=C=C(CC/C(C)=N/NS(=O)(=O)c1ccc(C)cc1)[C@H](C)CCC=C(C)C. The lowest BCUT2D eigenvalue weighted by molar-refractivity contribution is 0.583. The average molecular weight is 389 g/mol. The molecule has 1 N–H and O–H groups in total. The third-order valence-corrected chi connectivity index (χ3v) is 5.64. The molecule has 1 aromatic carbocycles. The van der Waals surface area contributed by atoms with Gasteiger partial charge in [0.25, 0.3) is 10.0 Å². The average Bonchev–Trinajstić information content (AvgIpc) is 2.60. The van der Waals surface area contributed by atoms with Gasteiger partial charge in [0.2, 0.25) is 0 Å². The summed E-state index contributed by atoms with van der Waals surface area (Å²) in [5, 5.41) is 4.05. The molecule has 0 aliphatic heterocycles. The highest BCUT2D eigenvalue weighted by Gasteiger charge is 2.13. The third-order valence-electron chi connectivity index (χ3n) is 4.42. The fourth-order valence-corrected chi connectivity index (χ4v) is 3.46. The van der Waals surface area contributed by atoms with E-state index in [2.05, 4.69) is 49.1 Å². The second kappa shape index (κ2) is 10.9. The Morgan fingerprint density at radius 3 is 2.41 bits per heavy atom. The maximum absolute atomic E-state index is 12.3. The molecule has 0 spiro atoms. The van der Waals surface area contributed by atoms with Gasteiger partial charge in [0.1, 0.15) is 0 Å². The predicted octanol–water partition coefficient (Wildman–Crippen LogP) is 5.52. The number of hydrazone groups is 1. The van der Waals surface area contributed by atoms with E-state index in [9.17, 15) is 8.42 Å². The summed E-state index contributed by atoms with van der Waals surface area (Å²) in [6, 6.07) is 6.69. The highest BCUT2D eigenvalue weighted by molar-refractivity contribution is 7.89. The van der Waals surface area contributed by atoms with Crippen LogP contribution in [0.3, 0.4) is 0 Å². The Hall–Kier alpha value is -2.10. The summed E-state index contributed by atoms with van der Waals surface area (Å²) in [6.07, 6.45) is 5.78. The minimum atomic E-state index is -3.63. The summed E-state index contributed by atoms with van der Waals surface area (Å²) in [5.74, 6) is 0.398. The Bertz CT molecular complexity index is 824. The van der Waals surface area contributed by atoms with E-state index in [0.717, 1.165) is 36.1 Å². The van der Waals surface area contributed by atoms with E-state index in [-0.39, 0.29) is 4.90 Å². The molecule has 0 unspecified atom stereocenters. The summed E-state index contributed by atoms with van der Waals surface area (Å²) < 4.78 is 24.5. The van der Waals surface area contributed by atoms with Crippen molar-refractivity contribution in [3.63, 3.8) is 0 Å². The van der Waals surface area contributed by atoms with Gasteiger partial charge in [0.15, 0.2) is 0 Å². The maximum atomic E-state index is 12.3. The number of allylic oxidation sites excluding steroid dienone is 3. The quantitative estimate of drug-likeness (QED) is 0.248. The normalized spacial score (nSPS) is 12.9. The van der Waals surface area contributed by atoms with Gasteiger partial charge in [-0.3, -0.25) is 0 Å². The van der Waals surface area contributed by atoms with Crippen LogP contribution in [0.1, 0.15) is 58.9 Å². The first-order valence-corrected chi connectivity index (χ1v) is 10.8. The van der Waals surface area contributed by atoms with Gasteiger partial charge in [-0.05, 0) is 77.0 Å². The van der Waals surface area contributed by atoms with Gasteiger partial charge in [0.05, 0.1) is 4.90 Å². The number of rotatable bonds is 10. The highest BCUT2D eigenvalue weighted by Crippen LogP contribution is 2.21. The van der Waals surface area contributed by atoms with E-state index in [0.29, 0.717) is 12.3 Å². The van der Waals surface area contributed by atoms with E-state index in [1.54, 1.807) is 24.3 Å². The summed E-state index contributed by atoms with van der Waals surface area (Å²) in [7, 11) is -3.63. The Morgan fingerprint density at radius 2 is 1.85 bits per heavy atom. The Kier molecular flexibility index (Phi) is 9.27. The molecule has 5 heteroatoms. The molecule has 0 saturated heterocycles. The van der Waals surface area contributed by atoms with Crippen LogP contribution in [0.4, 0.5) is 0 Å². The molecule has 0 aliphatic carbocycles. The van der Waals surface area contributed by atoms with Crippen molar-refractivity contribution < 1.29 is 8.42 Å². The van der Waals surface area contributed by atoms with Crippen LogP contribution in [0.2, 0.25) is 0 Å². The Morgan fingerprint density at radius 1 is 1.22 bits per heavy atom. The maximum Gasteiger partial charge on any atom is 0.276 e. The number of nitrogens with one attached hydrogen (secondary N) is 1. The van der Waals surface area contributed by atoms with Crippen molar-refractivity contribution in [2.24, 2.45) is 11.0 Å². The molecule has 0 aliphatic rings. The zero-order chi connectivity index (χ0) is 20.4. The number of nitrogens with zero attached hydrogens (tertiary/aromatic N) is 1. The van der Waals surface area contributed by atoms with Gasteiger partial charge in [-0.2, -0.15) is 13.5 Å². The van der Waals surface area contributed by atoms with Crippen molar-refractivity contribution in [3.8, 4) is 0 Å². The first-order chi connectivity index (χ1) is 12.7. The summed E-state index contributed by atoms with van der Waals surface area (Å²) in [4.78, 5) is 2.53. The molecule has 148 valence electrons. The lowest BCUT2D eigenvalue weighted by Gasteiger charge is -2.13. The van der Waals surface area contributed by atoms with Gasteiger partial charge in [-0.15, -0.1) is 5.73 Å². The largest absolute Gasteiger partial charge is 0.276 e. The Labute approximate surface area is 164 Å². The first kappa shape index (κ1) is 22.9. The minimum absolute atomic E-state index is 0.212. The molecule has 1 rings (SSSR count). The van der Waals surface area contributed by atoms with E-state index in [1.807, 2.05) is 13.8 Å². The summed E-state index contributed by atoms with van der Waals surface area (Å²) >= 11 is 0. The minimum Gasteiger partial charge on any atom is -0.200 e. The lowest BCUT2D eigenvalue weighted by Crippen LogP contribution is -2.19. The fraction of sp³-hybridized carbons (Fsp3) is 0.455. The molecule has 1 aromatic rings. The lowest BCUT2D eigenvalue weighted by atomic mass is 9.92. The topological polar surface area (TPSA) is 58.5 Å². The standard InChI is InChI=1S/C22H32N2O2S/c1-7-21(19(5)10-8-9-17(2)3)14-13-20(6)23-24-27(25,26)22-15-11-18(4)12-16-22/h9,11-12,15-16,19,24H,1,8,10,13-14H2,2-6H3/b23-20+/t19-/m1/s1. The van der Waals surface area contributed by atoms with E-state index in [1.165, 1.54) is 5.57 Å². The van der Waals surface area contributed by atoms with Crippen LogP contribution < -0.4 is 4.83 Å². The second-order valence-corrected chi connectivity index (χ2v) is 8.88. The van der Waals surface area contributed by atoms with E-state index < -0.39 is 10.0 Å². The van der Waals surface area contributed by atoms with Crippen LogP contribution in [-0.4, -0.2) is 14.1 Å². The van der Waals surface area contributed by atoms with Gasteiger partial charge >= 0.3 is 0 Å². The first-order valence-electron chi connectivity index (χ1n) is 9.29. The second-order valence-electron chi connectivity index (χ2n) is 7.22. The van der Waals surface area contributed by atoms with Crippen molar-refractivity contribution in [1.82, 2.24) is 4.83 Å². The molecule has 1 atom stereocenters. The smallest absolute Gasteiger partial charge is 0.200 e. The van der Waals surface area contributed by atoms with Gasteiger partial charge in [-0.25, -0.2) is 4.83 Å². The van der Waals surface area contributed by atoms with Crippen LogP contribution in [0, 0.1) is 12.8 Å². The zero-order valence-corrected chi connectivity index (χ0v) is 18.0. The van der Waals surface area contributed by atoms with E-state index in [4.69, 9.17) is 0 Å².